The number of hydrogen-bond donors (Lipinski definition) is 0. The minimum absolute atomic E-state index is 0.674. The molecular weight excluding hydrogens is 148 g/mol. The van der Waals surface area contributed by atoms with Gasteiger partial charge in [0.25, 0.3) is 0 Å². The Balaban J connectivity index is 2.87. The maximum Gasteiger partial charge on any atom is 0.119 e. The summed E-state index contributed by atoms with van der Waals surface area (Å²) in [6.45, 7) is 8.54. The van der Waals surface area contributed by atoms with Crippen molar-refractivity contribution in [1.82, 2.24) is 0 Å². The van der Waals surface area contributed by atoms with Gasteiger partial charge in [-0.3, -0.25) is 0 Å². The van der Waals surface area contributed by atoms with Crippen LogP contribution < -0.4 is 0 Å². The molecule has 0 heterocycles. The van der Waals surface area contributed by atoms with Crippen LogP contribution >= 0.6 is 0 Å². The molecule has 0 bridgehead atoms. The second kappa shape index (κ2) is 3.96. The van der Waals surface area contributed by atoms with Gasteiger partial charge in [0.05, 0.1) is 6.61 Å². The van der Waals surface area contributed by atoms with Crippen molar-refractivity contribution in [2.24, 2.45) is 0 Å². The zero-order valence-corrected chi connectivity index (χ0v) is 7.63. The molecule has 64 valence electrons. The number of hydrogen-bond acceptors (Lipinski definition) is 1. The van der Waals surface area contributed by atoms with Crippen molar-refractivity contribution in [3.05, 3.63) is 42.0 Å². The van der Waals surface area contributed by atoms with Gasteiger partial charge in [-0.2, -0.15) is 0 Å². The van der Waals surface area contributed by atoms with Gasteiger partial charge in [-0.25, -0.2) is 0 Å². The summed E-state index contributed by atoms with van der Waals surface area (Å²) in [5, 5.41) is 0. The van der Waals surface area contributed by atoms with Crippen molar-refractivity contribution in [2.75, 3.05) is 6.61 Å². The van der Waals surface area contributed by atoms with Gasteiger partial charge in [-0.1, -0.05) is 30.8 Å². The summed E-state index contributed by atoms with van der Waals surface area (Å²) in [4.78, 5) is 0. The summed E-state index contributed by atoms with van der Waals surface area (Å²) in [6.07, 6.45) is 0. The average molecular weight is 162 g/mol. The Hall–Kier alpha value is -1.24. The molecule has 0 aliphatic heterocycles. The first-order chi connectivity index (χ1) is 5.75. The van der Waals surface area contributed by atoms with Gasteiger partial charge in [-0.15, -0.1) is 0 Å². The molecule has 12 heavy (non-hydrogen) atoms. The van der Waals surface area contributed by atoms with Crippen LogP contribution in [0, 0.1) is 6.92 Å². The van der Waals surface area contributed by atoms with Crippen LogP contribution in [0.15, 0.2) is 30.8 Å². The Labute approximate surface area is 73.7 Å². The lowest BCUT2D eigenvalue weighted by molar-refractivity contribution is 0.299. The highest BCUT2D eigenvalue weighted by Gasteiger charge is 2.00. The second-order valence-electron chi connectivity index (χ2n) is 2.67. The molecule has 0 spiro atoms. The number of ether oxygens (including phenoxy) is 1. The smallest absolute Gasteiger partial charge is 0.119 e. The van der Waals surface area contributed by atoms with Crippen LogP contribution in [0.4, 0.5) is 0 Å². The zero-order chi connectivity index (χ0) is 8.97. The standard InChI is InChI=1S/C11H14O/c1-4-12-10(3)11-8-6-5-7-9(11)2/h5-8H,3-4H2,1-2H3. The van der Waals surface area contributed by atoms with Gasteiger partial charge >= 0.3 is 0 Å². The molecule has 0 aromatic heterocycles. The third kappa shape index (κ3) is 1.88. The minimum Gasteiger partial charge on any atom is -0.494 e. The first-order valence-electron chi connectivity index (χ1n) is 4.13. The summed E-state index contributed by atoms with van der Waals surface area (Å²) < 4.78 is 5.31. The van der Waals surface area contributed by atoms with E-state index in [2.05, 4.69) is 19.6 Å². The molecule has 0 atom stereocenters. The Morgan fingerprint density at radius 1 is 1.42 bits per heavy atom. The van der Waals surface area contributed by atoms with E-state index >= 15 is 0 Å². The molecule has 1 aromatic rings. The van der Waals surface area contributed by atoms with Crippen LogP contribution in [-0.4, -0.2) is 6.61 Å². The van der Waals surface area contributed by atoms with Gasteiger partial charge < -0.3 is 4.74 Å². The largest absolute Gasteiger partial charge is 0.494 e. The molecule has 0 radical (unpaired) electrons. The van der Waals surface area contributed by atoms with E-state index in [9.17, 15) is 0 Å². The van der Waals surface area contributed by atoms with Crippen LogP contribution in [0.3, 0.4) is 0 Å². The molecule has 0 aliphatic rings. The van der Waals surface area contributed by atoms with Crippen LogP contribution in [0.1, 0.15) is 18.1 Å². The van der Waals surface area contributed by atoms with E-state index < -0.39 is 0 Å². The minimum atomic E-state index is 0.674. The lowest BCUT2D eigenvalue weighted by Gasteiger charge is -2.08. The summed E-state index contributed by atoms with van der Waals surface area (Å²) in [6, 6.07) is 8.08. The number of benzene rings is 1. The maximum absolute atomic E-state index is 5.31. The average Bonchev–Trinajstić information content (AvgIpc) is 2.05. The molecule has 1 heteroatoms. The van der Waals surface area contributed by atoms with Crippen molar-refractivity contribution in [2.45, 2.75) is 13.8 Å². The highest BCUT2D eigenvalue weighted by Crippen LogP contribution is 2.17. The van der Waals surface area contributed by atoms with Gasteiger partial charge in [-0.05, 0) is 19.4 Å². The van der Waals surface area contributed by atoms with Crippen LogP contribution in [0.25, 0.3) is 5.76 Å². The topological polar surface area (TPSA) is 9.23 Å². The summed E-state index contributed by atoms with van der Waals surface area (Å²) in [5.74, 6) is 0.760. The molecule has 0 unspecified atom stereocenters. The zero-order valence-electron chi connectivity index (χ0n) is 7.63. The Kier molecular flexibility index (Phi) is 2.92. The van der Waals surface area contributed by atoms with Gasteiger partial charge in [0, 0.05) is 5.56 Å². The molecule has 1 rings (SSSR count). The molecule has 0 amide bonds. The monoisotopic (exact) mass is 162 g/mol. The third-order valence-electron chi connectivity index (χ3n) is 1.76. The van der Waals surface area contributed by atoms with Crippen molar-refractivity contribution in [3.63, 3.8) is 0 Å². The SMILES string of the molecule is C=C(OCC)c1ccccc1C. The van der Waals surface area contributed by atoms with E-state index in [0.29, 0.717) is 6.61 Å². The number of rotatable bonds is 3. The quantitative estimate of drug-likeness (QED) is 0.621. The van der Waals surface area contributed by atoms with E-state index in [1.807, 2.05) is 25.1 Å². The van der Waals surface area contributed by atoms with Gasteiger partial charge in [0.1, 0.15) is 5.76 Å². The number of aryl methyl sites for hydroxylation is 1. The van der Waals surface area contributed by atoms with Gasteiger partial charge in [0.2, 0.25) is 0 Å². The molecule has 0 fully saturated rings. The summed E-state index contributed by atoms with van der Waals surface area (Å²) in [7, 11) is 0. The molecule has 1 nitrogen and oxygen atoms in total. The molecule has 1 aromatic carbocycles. The van der Waals surface area contributed by atoms with Crippen molar-refractivity contribution >= 4 is 5.76 Å². The fraction of sp³-hybridized carbons (Fsp3) is 0.273. The Bertz CT molecular complexity index is 276. The lowest BCUT2D eigenvalue weighted by Crippen LogP contribution is -1.92. The molecular formula is C11H14O. The van der Waals surface area contributed by atoms with E-state index in [4.69, 9.17) is 4.74 Å². The van der Waals surface area contributed by atoms with E-state index in [0.717, 1.165) is 11.3 Å². The first-order valence-corrected chi connectivity index (χ1v) is 4.13. The first kappa shape index (κ1) is 8.85. The third-order valence-corrected chi connectivity index (χ3v) is 1.76. The van der Waals surface area contributed by atoms with Crippen LogP contribution in [0.2, 0.25) is 0 Å². The van der Waals surface area contributed by atoms with Gasteiger partial charge in [0.15, 0.2) is 0 Å². The normalized spacial score (nSPS) is 9.50. The lowest BCUT2D eigenvalue weighted by atomic mass is 10.1. The van der Waals surface area contributed by atoms with Crippen LogP contribution in [0.5, 0.6) is 0 Å². The molecule has 0 N–H and O–H groups in total. The van der Waals surface area contributed by atoms with E-state index in [-0.39, 0.29) is 0 Å². The molecule has 0 aliphatic carbocycles. The van der Waals surface area contributed by atoms with Crippen molar-refractivity contribution in [1.29, 1.82) is 0 Å². The molecule has 0 saturated carbocycles. The molecule has 0 saturated heterocycles. The predicted molar refractivity (Wildman–Crippen MR) is 51.8 cm³/mol. The highest BCUT2D eigenvalue weighted by atomic mass is 16.5. The fourth-order valence-corrected chi connectivity index (χ4v) is 1.14. The van der Waals surface area contributed by atoms with Crippen molar-refractivity contribution in [3.8, 4) is 0 Å². The summed E-state index contributed by atoms with van der Waals surface area (Å²) >= 11 is 0. The maximum atomic E-state index is 5.31. The Morgan fingerprint density at radius 2 is 2.08 bits per heavy atom. The highest BCUT2D eigenvalue weighted by molar-refractivity contribution is 5.60. The van der Waals surface area contributed by atoms with Crippen LogP contribution in [-0.2, 0) is 4.74 Å². The van der Waals surface area contributed by atoms with E-state index in [1.54, 1.807) is 0 Å². The fourth-order valence-electron chi connectivity index (χ4n) is 1.14. The predicted octanol–water partition coefficient (Wildman–Crippen LogP) is 3.00. The van der Waals surface area contributed by atoms with Crippen molar-refractivity contribution < 1.29 is 4.74 Å². The Morgan fingerprint density at radius 3 is 2.67 bits per heavy atom. The second-order valence-corrected chi connectivity index (χ2v) is 2.67. The summed E-state index contributed by atoms with van der Waals surface area (Å²) in [5.41, 5.74) is 2.30. The van der Waals surface area contributed by atoms with E-state index in [1.165, 1.54) is 5.56 Å².